The van der Waals surface area contributed by atoms with Gasteiger partial charge < -0.3 is 4.90 Å². The second kappa shape index (κ2) is 4.84. The third-order valence-corrected chi connectivity index (χ3v) is 3.71. The molecule has 0 aromatic carbocycles. The highest BCUT2D eigenvalue weighted by Gasteiger charge is 2.34. The zero-order chi connectivity index (χ0) is 13.3. The van der Waals surface area contributed by atoms with Crippen molar-refractivity contribution in [2.24, 2.45) is 11.3 Å². The second-order valence-corrected chi connectivity index (χ2v) is 6.22. The molecule has 2 heterocycles. The maximum Gasteiger partial charge on any atom is 0.274 e. The van der Waals surface area contributed by atoms with E-state index < -0.39 is 0 Å². The Morgan fingerprint density at radius 3 is 2.72 bits per heavy atom. The zero-order valence-electron chi connectivity index (χ0n) is 11.0. The average Bonchev–Trinajstić information content (AvgIpc) is 2.77. The van der Waals surface area contributed by atoms with E-state index in [1.807, 2.05) is 4.90 Å². The van der Waals surface area contributed by atoms with E-state index in [2.05, 4.69) is 30.7 Å². The smallest absolute Gasteiger partial charge is 0.274 e. The molecule has 0 bridgehead atoms. The number of hydrogen-bond acceptors (Lipinski definition) is 3. The maximum absolute atomic E-state index is 12.2. The van der Waals surface area contributed by atoms with E-state index >= 15 is 0 Å². The Hall–Kier alpha value is -1.16. The minimum absolute atomic E-state index is 0.0725. The summed E-state index contributed by atoms with van der Waals surface area (Å²) in [5.41, 5.74) is 0.562. The van der Waals surface area contributed by atoms with Crippen molar-refractivity contribution < 1.29 is 4.79 Å². The van der Waals surface area contributed by atoms with Crippen LogP contribution in [0.4, 0.5) is 0 Å². The lowest BCUT2D eigenvalue weighted by atomic mass is 9.80. The van der Waals surface area contributed by atoms with Crippen LogP contribution in [-0.2, 0) is 0 Å². The van der Waals surface area contributed by atoms with Gasteiger partial charge in [0.05, 0.1) is 12.4 Å². The monoisotopic (exact) mass is 267 g/mol. The minimum atomic E-state index is -0.0725. The maximum atomic E-state index is 12.2. The highest BCUT2D eigenvalue weighted by Crippen LogP contribution is 2.33. The van der Waals surface area contributed by atoms with Crippen LogP contribution in [0.25, 0.3) is 0 Å². The Morgan fingerprint density at radius 1 is 1.44 bits per heavy atom. The van der Waals surface area contributed by atoms with E-state index in [-0.39, 0.29) is 16.5 Å². The zero-order valence-corrected chi connectivity index (χ0v) is 11.7. The first-order valence-electron chi connectivity index (χ1n) is 6.15. The van der Waals surface area contributed by atoms with Gasteiger partial charge in [0.15, 0.2) is 0 Å². The van der Waals surface area contributed by atoms with E-state index in [1.54, 1.807) is 0 Å². The number of nitrogens with zero attached hydrogens (tertiary/aromatic N) is 3. The lowest BCUT2D eigenvalue weighted by Crippen LogP contribution is -2.31. The molecule has 0 saturated carbocycles. The molecule has 1 unspecified atom stereocenters. The highest BCUT2D eigenvalue weighted by molar-refractivity contribution is 6.29. The topological polar surface area (TPSA) is 46.1 Å². The molecular formula is C13H18ClN3O. The Labute approximate surface area is 112 Å². The number of aromatic nitrogens is 2. The molecule has 98 valence electrons. The van der Waals surface area contributed by atoms with Gasteiger partial charge in [0, 0.05) is 13.1 Å². The molecule has 1 fully saturated rings. The first-order valence-corrected chi connectivity index (χ1v) is 6.52. The summed E-state index contributed by atoms with van der Waals surface area (Å²) in [4.78, 5) is 22.0. The fraction of sp³-hybridized carbons (Fsp3) is 0.615. The summed E-state index contributed by atoms with van der Waals surface area (Å²) in [5, 5.41) is 0.257. The molecule has 4 nitrogen and oxygen atoms in total. The summed E-state index contributed by atoms with van der Waals surface area (Å²) in [5.74, 6) is 0.463. The third-order valence-electron chi connectivity index (χ3n) is 3.52. The molecule has 0 radical (unpaired) electrons. The van der Waals surface area contributed by atoms with Crippen molar-refractivity contribution in [2.75, 3.05) is 13.1 Å². The standard InChI is InChI=1S/C13H18ClN3O/c1-13(2,3)9-4-5-17(8-9)12(18)10-6-15-7-11(14)16-10/h6-7,9H,4-5,8H2,1-3H3. The van der Waals surface area contributed by atoms with Crippen molar-refractivity contribution in [1.82, 2.24) is 14.9 Å². The largest absolute Gasteiger partial charge is 0.337 e. The number of carbonyl (C=O) groups is 1. The van der Waals surface area contributed by atoms with E-state index in [0.717, 1.165) is 19.5 Å². The Balaban J connectivity index is 2.08. The Bertz CT molecular complexity index is 456. The molecule has 5 heteroatoms. The van der Waals surface area contributed by atoms with Crippen LogP contribution in [0.3, 0.4) is 0 Å². The molecule has 1 aromatic heterocycles. The van der Waals surface area contributed by atoms with Crippen LogP contribution in [0.15, 0.2) is 12.4 Å². The molecule has 0 spiro atoms. The van der Waals surface area contributed by atoms with Gasteiger partial charge in [-0.05, 0) is 17.8 Å². The summed E-state index contributed by atoms with van der Waals surface area (Å²) >= 11 is 5.75. The molecule has 1 amide bonds. The molecule has 18 heavy (non-hydrogen) atoms. The van der Waals surface area contributed by atoms with Crippen molar-refractivity contribution in [1.29, 1.82) is 0 Å². The Kier molecular flexibility index (Phi) is 3.57. The SMILES string of the molecule is CC(C)(C)C1CCN(C(=O)c2cncc(Cl)n2)C1. The highest BCUT2D eigenvalue weighted by atomic mass is 35.5. The second-order valence-electron chi connectivity index (χ2n) is 5.83. The molecule has 1 aliphatic rings. The summed E-state index contributed by atoms with van der Waals surface area (Å²) in [7, 11) is 0. The van der Waals surface area contributed by atoms with Crippen molar-refractivity contribution in [2.45, 2.75) is 27.2 Å². The molecule has 1 saturated heterocycles. The number of carbonyl (C=O) groups excluding carboxylic acids is 1. The van der Waals surface area contributed by atoms with Crippen molar-refractivity contribution in [3.05, 3.63) is 23.2 Å². The van der Waals surface area contributed by atoms with E-state index in [1.165, 1.54) is 12.4 Å². The van der Waals surface area contributed by atoms with E-state index in [9.17, 15) is 4.79 Å². The number of amides is 1. The fourth-order valence-electron chi connectivity index (χ4n) is 2.26. The number of rotatable bonds is 1. The van der Waals surface area contributed by atoms with Crippen LogP contribution in [0, 0.1) is 11.3 Å². The van der Waals surface area contributed by atoms with Crippen LogP contribution < -0.4 is 0 Å². The molecular weight excluding hydrogens is 250 g/mol. The predicted octanol–water partition coefficient (Wildman–Crippen LogP) is 2.64. The van der Waals surface area contributed by atoms with Gasteiger partial charge >= 0.3 is 0 Å². The van der Waals surface area contributed by atoms with Gasteiger partial charge in [0.25, 0.3) is 5.91 Å². The molecule has 0 aliphatic carbocycles. The lowest BCUT2D eigenvalue weighted by Gasteiger charge is -2.26. The summed E-state index contributed by atoms with van der Waals surface area (Å²) < 4.78 is 0. The molecule has 2 rings (SSSR count). The van der Waals surface area contributed by atoms with Gasteiger partial charge in [-0.2, -0.15) is 0 Å². The predicted molar refractivity (Wildman–Crippen MR) is 70.5 cm³/mol. The van der Waals surface area contributed by atoms with Crippen LogP contribution in [0.1, 0.15) is 37.7 Å². The van der Waals surface area contributed by atoms with E-state index in [4.69, 9.17) is 11.6 Å². The summed E-state index contributed by atoms with van der Waals surface area (Å²) in [6, 6.07) is 0. The fourth-order valence-corrected chi connectivity index (χ4v) is 2.41. The molecule has 0 N–H and O–H groups in total. The normalized spacial score (nSPS) is 20.2. The van der Waals surface area contributed by atoms with Crippen LogP contribution in [0.5, 0.6) is 0 Å². The van der Waals surface area contributed by atoms with Crippen LogP contribution >= 0.6 is 11.6 Å². The number of hydrogen-bond donors (Lipinski definition) is 0. The van der Waals surface area contributed by atoms with Gasteiger partial charge in [-0.1, -0.05) is 32.4 Å². The van der Waals surface area contributed by atoms with Gasteiger partial charge in [0.2, 0.25) is 0 Å². The molecule has 1 aliphatic heterocycles. The van der Waals surface area contributed by atoms with Crippen molar-refractivity contribution in [3.63, 3.8) is 0 Å². The van der Waals surface area contributed by atoms with Crippen LogP contribution in [0.2, 0.25) is 5.15 Å². The number of halogens is 1. The summed E-state index contributed by atoms with van der Waals surface area (Å²) in [6.45, 7) is 8.21. The van der Waals surface area contributed by atoms with Crippen molar-refractivity contribution in [3.8, 4) is 0 Å². The quantitative estimate of drug-likeness (QED) is 0.786. The third kappa shape index (κ3) is 2.80. The lowest BCUT2D eigenvalue weighted by molar-refractivity contribution is 0.0770. The minimum Gasteiger partial charge on any atom is -0.337 e. The van der Waals surface area contributed by atoms with Gasteiger partial charge in [-0.15, -0.1) is 0 Å². The van der Waals surface area contributed by atoms with Gasteiger partial charge in [0.1, 0.15) is 10.8 Å². The van der Waals surface area contributed by atoms with Crippen LogP contribution in [-0.4, -0.2) is 33.9 Å². The molecule has 1 aromatic rings. The van der Waals surface area contributed by atoms with Gasteiger partial charge in [-0.3, -0.25) is 9.78 Å². The number of likely N-dealkylation sites (tertiary alicyclic amines) is 1. The molecule has 1 atom stereocenters. The van der Waals surface area contributed by atoms with E-state index in [0.29, 0.717) is 11.6 Å². The first kappa shape index (κ1) is 13.3. The summed E-state index contributed by atoms with van der Waals surface area (Å²) in [6.07, 6.45) is 3.95. The average molecular weight is 268 g/mol. The van der Waals surface area contributed by atoms with Crippen molar-refractivity contribution >= 4 is 17.5 Å². The Morgan fingerprint density at radius 2 is 2.17 bits per heavy atom. The van der Waals surface area contributed by atoms with Gasteiger partial charge in [-0.25, -0.2) is 4.98 Å². The first-order chi connectivity index (χ1) is 8.38.